The number of piperazine rings is 1. The minimum absolute atomic E-state index is 0.0645. The van der Waals surface area contributed by atoms with Crippen LogP contribution in [0.3, 0.4) is 0 Å². The van der Waals surface area contributed by atoms with Crippen LogP contribution in [0.25, 0.3) is 0 Å². The van der Waals surface area contributed by atoms with Crippen LogP contribution in [0.4, 0.5) is 15.0 Å². The molecule has 3 rings (SSSR count). The second-order valence-electron chi connectivity index (χ2n) is 6.98. The van der Waals surface area contributed by atoms with Crippen molar-refractivity contribution in [3.05, 3.63) is 24.1 Å². The summed E-state index contributed by atoms with van der Waals surface area (Å²) in [7, 11) is 0. The molecule has 2 fully saturated rings. The van der Waals surface area contributed by atoms with Gasteiger partial charge in [0.2, 0.25) is 5.95 Å². The van der Waals surface area contributed by atoms with Gasteiger partial charge >= 0.3 is 6.09 Å². The van der Waals surface area contributed by atoms with E-state index in [1.165, 1.54) is 6.07 Å². The van der Waals surface area contributed by atoms with E-state index in [1.807, 2.05) is 4.90 Å². The molecule has 21 heavy (non-hydrogen) atoms. The molecule has 2 aliphatic rings. The van der Waals surface area contributed by atoms with Crippen molar-refractivity contribution in [2.24, 2.45) is 5.41 Å². The van der Waals surface area contributed by atoms with E-state index in [0.29, 0.717) is 18.9 Å². The molecule has 1 N–H and O–H groups in total. The Labute approximate surface area is 123 Å². The van der Waals surface area contributed by atoms with Gasteiger partial charge < -0.3 is 10.0 Å². The van der Waals surface area contributed by atoms with Crippen molar-refractivity contribution in [3.8, 4) is 0 Å². The molecular weight excluding hydrogens is 273 g/mol. The molecule has 0 unspecified atom stereocenters. The maximum Gasteiger partial charge on any atom is 0.407 e. The van der Waals surface area contributed by atoms with Crippen molar-refractivity contribution in [2.45, 2.75) is 38.8 Å². The summed E-state index contributed by atoms with van der Waals surface area (Å²) in [6.07, 6.45) is -0.111. The molecule has 0 aliphatic carbocycles. The Morgan fingerprint density at radius 2 is 2.19 bits per heavy atom. The molecule has 2 saturated heterocycles. The highest BCUT2D eigenvalue weighted by atomic mass is 19.1. The maximum atomic E-state index is 13.4. The van der Waals surface area contributed by atoms with Crippen molar-refractivity contribution < 1.29 is 14.3 Å². The minimum atomic E-state index is -0.876. The molecule has 5 nitrogen and oxygen atoms in total. The molecule has 1 aromatic heterocycles. The number of aromatic nitrogens is 1. The molecule has 2 aliphatic heterocycles. The number of nitrogens with zero attached hydrogens (tertiary/aromatic N) is 3. The second-order valence-corrected chi connectivity index (χ2v) is 6.98. The maximum absolute atomic E-state index is 13.4. The van der Waals surface area contributed by atoms with Gasteiger partial charge in [0.1, 0.15) is 5.82 Å². The predicted octanol–water partition coefficient (Wildman–Crippen LogP) is 2.58. The average molecular weight is 293 g/mol. The number of carbonyl (C=O) groups is 1. The fourth-order valence-electron chi connectivity index (χ4n) is 3.75. The van der Waals surface area contributed by atoms with Crippen LogP contribution in [0, 0.1) is 11.4 Å². The lowest BCUT2D eigenvalue weighted by atomic mass is 9.73. The third-order valence-corrected chi connectivity index (χ3v) is 4.98. The number of hydrogen-bond acceptors (Lipinski definition) is 3. The third kappa shape index (κ3) is 1.96. The molecular formula is C15H20FN3O2. The van der Waals surface area contributed by atoms with Crippen LogP contribution in [-0.2, 0) is 0 Å². The van der Waals surface area contributed by atoms with Crippen molar-refractivity contribution in [2.75, 3.05) is 18.0 Å². The number of carboxylic acid groups (broad SMARTS) is 1. The van der Waals surface area contributed by atoms with Gasteiger partial charge in [0.25, 0.3) is 0 Å². The van der Waals surface area contributed by atoms with Gasteiger partial charge in [-0.1, -0.05) is 26.8 Å². The van der Waals surface area contributed by atoms with Crippen LogP contribution >= 0.6 is 0 Å². The van der Waals surface area contributed by atoms with E-state index in [0.717, 1.165) is 6.42 Å². The van der Waals surface area contributed by atoms with Gasteiger partial charge in [-0.05, 0) is 24.0 Å². The van der Waals surface area contributed by atoms with Gasteiger partial charge in [-0.3, -0.25) is 4.90 Å². The molecule has 0 spiro atoms. The summed E-state index contributed by atoms with van der Waals surface area (Å²) in [4.78, 5) is 19.1. The fourth-order valence-corrected chi connectivity index (χ4v) is 3.75. The third-order valence-electron chi connectivity index (χ3n) is 4.98. The number of halogens is 1. The van der Waals surface area contributed by atoms with Crippen LogP contribution in [0.1, 0.15) is 27.2 Å². The molecule has 114 valence electrons. The largest absolute Gasteiger partial charge is 0.465 e. The molecule has 0 radical (unpaired) electrons. The first-order valence-corrected chi connectivity index (χ1v) is 7.14. The molecule has 6 heteroatoms. The summed E-state index contributed by atoms with van der Waals surface area (Å²) in [6, 6.07) is 4.81. The van der Waals surface area contributed by atoms with Crippen molar-refractivity contribution in [1.82, 2.24) is 9.88 Å². The topological polar surface area (TPSA) is 56.7 Å². The summed E-state index contributed by atoms with van der Waals surface area (Å²) in [5.74, 6) is 0.0892. The number of likely N-dealkylation sites (tertiary alicyclic amines) is 1. The average Bonchev–Trinajstić information content (AvgIpc) is 2.94. The summed E-state index contributed by atoms with van der Waals surface area (Å²) >= 11 is 0. The number of rotatable bonds is 1. The van der Waals surface area contributed by atoms with Crippen LogP contribution < -0.4 is 4.90 Å². The first kappa shape index (κ1) is 14.1. The molecule has 3 heterocycles. The molecule has 0 saturated carbocycles. The summed E-state index contributed by atoms with van der Waals surface area (Å²) in [5.41, 5.74) is -0.639. The molecule has 1 amide bonds. The van der Waals surface area contributed by atoms with Gasteiger partial charge in [-0.2, -0.15) is 4.39 Å². The van der Waals surface area contributed by atoms with Crippen LogP contribution in [0.15, 0.2) is 18.2 Å². The van der Waals surface area contributed by atoms with E-state index in [1.54, 1.807) is 17.0 Å². The zero-order valence-electron chi connectivity index (χ0n) is 12.5. The number of pyridine rings is 1. The van der Waals surface area contributed by atoms with Crippen LogP contribution in [0.5, 0.6) is 0 Å². The Hall–Kier alpha value is -1.85. The van der Waals surface area contributed by atoms with E-state index < -0.39 is 17.6 Å². The smallest absolute Gasteiger partial charge is 0.407 e. The monoisotopic (exact) mass is 293 g/mol. The van der Waals surface area contributed by atoms with Crippen LogP contribution in [0.2, 0.25) is 0 Å². The first-order valence-electron chi connectivity index (χ1n) is 7.14. The highest BCUT2D eigenvalue weighted by Crippen LogP contribution is 2.51. The zero-order chi connectivity index (χ0) is 15.4. The normalized spacial score (nSPS) is 28.3. The Morgan fingerprint density at radius 1 is 1.48 bits per heavy atom. The fraction of sp³-hybridized carbons (Fsp3) is 0.600. The van der Waals surface area contributed by atoms with Crippen LogP contribution in [-0.4, -0.2) is 45.8 Å². The SMILES string of the molecule is CC(C)(C)[C@@]12C[C@H](CN1C(=O)O)N(c1cccc(F)n1)C2. The molecule has 2 atom stereocenters. The Bertz CT molecular complexity index is 587. The van der Waals surface area contributed by atoms with Crippen molar-refractivity contribution in [1.29, 1.82) is 0 Å². The molecule has 1 aromatic rings. The quantitative estimate of drug-likeness (QED) is 0.809. The van der Waals surface area contributed by atoms with Gasteiger partial charge in [0, 0.05) is 13.1 Å². The lowest BCUT2D eigenvalue weighted by Gasteiger charge is -2.48. The number of anilines is 1. The Balaban J connectivity index is 1.97. The number of amides is 1. The summed E-state index contributed by atoms with van der Waals surface area (Å²) < 4.78 is 13.4. The van der Waals surface area contributed by atoms with Crippen molar-refractivity contribution in [3.63, 3.8) is 0 Å². The Kier molecular flexibility index (Phi) is 2.90. The lowest BCUT2D eigenvalue weighted by molar-refractivity contribution is 0.0362. The molecule has 0 aromatic carbocycles. The first-order chi connectivity index (χ1) is 9.74. The number of hydrogen-bond donors (Lipinski definition) is 1. The van der Waals surface area contributed by atoms with Gasteiger partial charge in [-0.15, -0.1) is 0 Å². The highest BCUT2D eigenvalue weighted by Gasteiger charge is 2.62. The van der Waals surface area contributed by atoms with Gasteiger partial charge in [-0.25, -0.2) is 9.78 Å². The summed E-state index contributed by atoms with van der Waals surface area (Å²) in [5, 5.41) is 9.50. The van der Waals surface area contributed by atoms with Gasteiger partial charge in [0.15, 0.2) is 0 Å². The number of fused-ring (bicyclic) bond motifs is 2. The highest BCUT2D eigenvalue weighted by molar-refractivity contribution is 5.69. The molecule has 2 bridgehead atoms. The standard InChI is InChI=1S/C15H20FN3O2/c1-14(2,3)15-7-10(8-19(15)13(20)21)18(9-15)12-6-4-5-11(16)17-12/h4-6,10H,7-9H2,1-3H3,(H,20,21)/t10-,15+/m1/s1. The van der Waals surface area contributed by atoms with Crippen molar-refractivity contribution >= 4 is 11.9 Å². The van der Waals surface area contributed by atoms with E-state index in [4.69, 9.17) is 0 Å². The summed E-state index contributed by atoms with van der Waals surface area (Å²) in [6.45, 7) is 7.20. The minimum Gasteiger partial charge on any atom is -0.465 e. The predicted molar refractivity (Wildman–Crippen MR) is 76.9 cm³/mol. The Morgan fingerprint density at radius 3 is 2.76 bits per heavy atom. The van der Waals surface area contributed by atoms with Gasteiger partial charge in [0.05, 0.1) is 11.6 Å². The lowest BCUT2D eigenvalue weighted by Crippen LogP contribution is -2.61. The van der Waals surface area contributed by atoms with E-state index in [2.05, 4.69) is 25.8 Å². The van der Waals surface area contributed by atoms with E-state index in [9.17, 15) is 14.3 Å². The second kappa shape index (κ2) is 4.32. The van der Waals surface area contributed by atoms with E-state index >= 15 is 0 Å². The van der Waals surface area contributed by atoms with E-state index in [-0.39, 0.29) is 11.5 Å². The zero-order valence-corrected chi connectivity index (χ0v) is 12.5.